The first-order valence-corrected chi connectivity index (χ1v) is 13.3. The lowest BCUT2D eigenvalue weighted by molar-refractivity contribution is -0.140. The summed E-state index contributed by atoms with van der Waals surface area (Å²) in [6, 6.07) is 16.4. The molecule has 0 spiro atoms. The predicted octanol–water partition coefficient (Wildman–Crippen LogP) is 8.02. The Labute approximate surface area is 216 Å². The number of ether oxygens (including phenoxy) is 1. The van der Waals surface area contributed by atoms with Gasteiger partial charge in [-0.1, -0.05) is 48.5 Å². The third-order valence-corrected chi connectivity index (χ3v) is 8.47. The van der Waals surface area contributed by atoms with E-state index in [9.17, 15) is 19.1 Å². The molecule has 1 saturated carbocycles. The normalized spacial score (nSPS) is 14.8. The Morgan fingerprint density at radius 2 is 1.78 bits per heavy atom. The van der Waals surface area contributed by atoms with Crippen LogP contribution in [0, 0.1) is 12.1 Å². The van der Waals surface area contributed by atoms with Crippen LogP contribution in [0.4, 0.5) is 14.9 Å². The quantitative estimate of drug-likeness (QED) is 0.258. The lowest BCUT2D eigenvalue weighted by Crippen LogP contribution is -2.19. The molecule has 0 bridgehead atoms. The largest absolute Gasteiger partial charge is 0.481 e. The van der Waals surface area contributed by atoms with Crippen molar-refractivity contribution in [2.24, 2.45) is 0 Å². The average molecular weight is 522 g/mol. The lowest BCUT2D eigenvalue weighted by Gasteiger charge is -2.15. The summed E-state index contributed by atoms with van der Waals surface area (Å²) in [5.41, 5.74) is 4.84. The summed E-state index contributed by atoms with van der Waals surface area (Å²) in [5.74, 6) is -0.796. The van der Waals surface area contributed by atoms with Crippen molar-refractivity contribution in [1.29, 1.82) is 0 Å². The van der Waals surface area contributed by atoms with E-state index in [2.05, 4.69) is 5.32 Å². The summed E-state index contributed by atoms with van der Waals surface area (Å²) >= 11 is 2.49. The maximum Gasteiger partial charge on any atom is 0.412 e. The van der Waals surface area contributed by atoms with Gasteiger partial charge in [-0.15, -0.1) is 11.3 Å². The molecule has 1 fully saturated rings. The van der Waals surface area contributed by atoms with Crippen molar-refractivity contribution in [3.05, 3.63) is 87.2 Å². The van der Waals surface area contributed by atoms with Crippen molar-refractivity contribution in [3.63, 3.8) is 0 Å². The molecule has 1 unspecified atom stereocenters. The van der Waals surface area contributed by atoms with Gasteiger partial charge in [0.05, 0.1) is 16.0 Å². The van der Waals surface area contributed by atoms with Crippen LogP contribution in [0.2, 0.25) is 0 Å². The van der Waals surface area contributed by atoms with Gasteiger partial charge in [-0.25, -0.2) is 4.79 Å². The number of aliphatic carboxylic acids is 1. The van der Waals surface area contributed by atoms with E-state index in [-0.39, 0.29) is 0 Å². The van der Waals surface area contributed by atoms with Crippen molar-refractivity contribution in [2.45, 2.75) is 38.2 Å². The minimum absolute atomic E-state index is 0.337. The Kier molecular flexibility index (Phi) is 6.40. The molecule has 184 valence electrons. The third-order valence-electron chi connectivity index (χ3n) is 6.64. The number of halogens is 1. The highest BCUT2D eigenvalue weighted by molar-refractivity contribution is 7.14. The number of thiophene rings is 2. The minimum Gasteiger partial charge on any atom is -0.481 e. The van der Waals surface area contributed by atoms with E-state index >= 15 is 0 Å². The zero-order valence-electron chi connectivity index (χ0n) is 19.7. The standard InChI is InChI=1S/C28H24FNO4S2/c1-16-14-35-15-22(16)17(2)34-27(33)30-23-13-24(29)36-25(23)21-6-4-3-5-20(21)18-7-9-19(10-8-18)28(11-12-28)26(31)32/h3-10,13-15,17H,11-12H2,1-2H3,(H,30,33)(H,31,32). The van der Waals surface area contributed by atoms with Gasteiger partial charge in [-0.3, -0.25) is 10.1 Å². The third kappa shape index (κ3) is 4.54. The fourth-order valence-electron chi connectivity index (χ4n) is 4.46. The summed E-state index contributed by atoms with van der Waals surface area (Å²) in [6.45, 7) is 3.77. The van der Waals surface area contributed by atoms with E-state index < -0.39 is 28.7 Å². The Bertz CT molecular complexity index is 1440. The van der Waals surface area contributed by atoms with Crippen LogP contribution in [0.3, 0.4) is 0 Å². The smallest absolute Gasteiger partial charge is 0.412 e. The number of aryl methyl sites for hydroxylation is 1. The Morgan fingerprint density at radius 1 is 1.08 bits per heavy atom. The summed E-state index contributed by atoms with van der Waals surface area (Å²) < 4.78 is 20.0. The van der Waals surface area contributed by atoms with Crippen molar-refractivity contribution in [1.82, 2.24) is 0 Å². The molecule has 1 atom stereocenters. The number of hydrogen-bond donors (Lipinski definition) is 2. The van der Waals surface area contributed by atoms with Gasteiger partial charge >= 0.3 is 12.1 Å². The van der Waals surface area contributed by atoms with Crippen LogP contribution >= 0.6 is 22.7 Å². The van der Waals surface area contributed by atoms with Crippen LogP contribution in [-0.2, 0) is 14.9 Å². The molecular formula is C28H24FNO4S2. The summed E-state index contributed by atoms with van der Waals surface area (Å²) in [7, 11) is 0. The molecule has 36 heavy (non-hydrogen) atoms. The number of hydrogen-bond acceptors (Lipinski definition) is 5. The molecule has 4 aromatic rings. The van der Waals surface area contributed by atoms with Gasteiger partial charge in [-0.05, 0) is 59.7 Å². The number of benzene rings is 2. The highest BCUT2D eigenvalue weighted by Crippen LogP contribution is 2.49. The van der Waals surface area contributed by atoms with E-state index in [0.717, 1.165) is 44.7 Å². The monoisotopic (exact) mass is 521 g/mol. The lowest BCUT2D eigenvalue weighted by atomic mass is 9.92. The molecule has 5 rings (SSSR count). The number of nitrogens with one attached hydrogen (secondary N) is 1. The fourth-order valence-corrected chi connectivity index (χ4v) is 6.27. The SMILES string of the molecule is Cc1cscc1C(C)OC(=O)Nc1cc(F)sc1-c1ccccc1-c1ccc(C2(C(=O)O)CC2)cc1. The maximum absolute atomic E-state index is 14.4. The molecule has 5 nitrogen and oxygen atoms in total. The van der Waals surface area contributed by atoms with Crippen molar-refractivity contribution >= 4 is 40.4 Å². The summed E-state index contributed by atoms with van der Waals surface area (Å²) in [4.78, 5) is 24.9. The molecule has 0 saturated heterocycles. The van der Waals surface area contributed by atoms with Crippen LogP contribution < -0.4 is 5.32 Å². The fraction of sp³-hybridized carbons (Fsp3) is 0.214. The van der Waals surface area contributed by atoms with Crippen LogP contribution in [0.25, 0.3) is 21.6 Å². The zero-order chi connectivity index (χ0) is 25.4. The first-order chi connectivity index (χ1) is 17.3. The predicted molar refractivity (Wildman–Crippen MR) is 141 cm³/mol. The van der Waals surface area contributed by atoms with Gasteiger partial charge in [0.15, 0.2) is 5.13 Å². The van der Waals surface area contributed by atoms with Crippen LogP contribution in [0.5, 0.6) is 0 Å². The van der Waals surface area contributed by atoms with Gasteiger partial charge < -0.3 is 9.84 Å². The van der Waals surface area contributed by atoms with Gasteiger partial charge in [0.25, 0.3) is 0 Å². The molecule has 2 aromatic heterocycles. The number of carbonyl (C=O) groups excluding carboxylic acids is 1. The van der Waals surface area contributed by atoms with Gasteiger partial charge in [-0.2, -0.15) is 15.7 Å². The van der Waals surface area contributed by atoms with Gasteiger partial charge in [0.2, 0.25) is 0 Å². The van der Waals surface area contributed by atoms with E-state index in [1.54, 1.807) is 18.3 Å². The Hall–Kier alpha value is -3.49. The molecule has 2 aromatic carbocycles. The van der Waals surface area contributed by atoms with Crippen molar-refractivity contribution in [3.8, 4) is 21.6 Å². The molecule has 0 aliphatic heterocycles. The second-order valence-corrected chi connectivity index (χ2v) is 10.7. The van der Waals surface area contributed by atoms with Crippen LogP contribution in [0.1, 0.15) is 42.6 Å². The molecule has 2 heterocycles. The number of carbonyl (C=O) groups is 2. The van der Waals surface area contributed by atoms with Crippen molar-refractivity contribution < 1.29 is 23.8 Å². The number of rotatable bonds is 7. The first-order valence-electron chi connectivity index (χ1n) is 11.5. The van der Waals surface area contributed by atoms with Crippen molar-refractivity contribution in [2.75, 3.05) is 5.32 Å². The van der Waals surface area contributed by atoms with E-state index in [1.807, 2.05) is 66.2 Å². The molecule has 0 radical (unpaired) electrons. The van der Waals surface area contributed by atoms with Crippen LogP contribution in [0.15, 0.2) is 65.4 Å². The molecule has 1 aliphatic carbocycles. The number of carboxylic acid groups (broad SMARTS) is 1. The number of carboxylic acids is 1. The second kappa shape index (κ2) is 9.52. The number of amides is 1. The Morgan fingerprint density at radius 3 is 2.39 bits per heavy atom. The molecule has 2 N–H and O–H groups in total. The second-order valence-electron chi connectivity index (χ2n) is 8.99. The minimum atomic E-state index is -0.796. The average Bonchev–Trinajstić information content (AvgIpc) is 3.44. The maximum atomic E-state index is 14.4. The molecule has 1 amide bonds. The van der Waals surface area contributed by atoms with E-state index in [0.29, 0.717) is 23.4 Å². The summed E-state index contributed by atoms with van der Waals surface area (Å²) in [6.07, 6.45) is 0.192. The van der Waals surface area contributed by atoms with E-state index in [1.165, 1.54) is 6.07 Å². The van der Waals surface area contributed by atoms with E-state index in [4.69, 9.17) is 4.74 Å². The van der Waals surface area contributed by atoms with Gasteiger partial charge in [0.1, 0.15) is 6.10 Å². The topological polar surface area (TPSA) is 75.6 Å². The highest BCUT2D eigenvalue weighted by Gasteiger charge is 2.51. The highest BCUT2D eigenvalue weighted by atomic mass is 32.1. The van der Waals surface area contributed by atoms with Gasteiger partial charge in [0, 0.05) is 17.2 Å². The van der Waals surface area contributed by atoms with Crippen LogP contribution in [-0.4, -0.2) is 17.2 Å². The first kappa shape index (κ1) is 24.2. The Balaban J connectivity index is 1.41. The summed E-state index contributed by atoms with van der Waals surface area (Å²) in [5, 5.41) is 15.8. The molecule has 8 heteroatoms. The number of anilines is 1. The zero-order valence-corrected chi connectivity index (χ0v) is 21.3. The molecule has 1 aliphatic rings. The molecular weight excluding hydrogens is 497 g/mol.